The van der Waals surface area contributed by atoms with Gasteiger partial charge in [0.2, 0.25) is 0 Å². The lowest BCUT2D eigenvalue weighted by atomic mass is 10.1. The van der Waals surface area contributed by atoms with E-state index in [2.05, 4.69) is 0 Å². The molecule has 22 heavy (non-hydrogen) atoms. The molecule has 2 aromatic rings. The second kappa shape index (κ2) is 5.83. The molecule has 0 saturated carbocycles. The van der Waals surface area contributed by atoms with Crippen molar-refractivity contribution in [3.05, 3.63) is 57.2 Å². The summed E-state index contributed by atoms with van der Waals surface area (Å²) in [5.74, 6) is 0.613. The van der Waals surface area contributed by atoms with E-state index in [1.54, 1.807) is 12.1 Å². The zero-order chi connectivity index (χ0) is 16.3. The van der Waals surface area contributed by atoms with E-state index in [-0.39, 0.29) is 11.4 Å². The van der Waals surface area contributed by atoms with Crippen molar-refractivity contribution in [1.82, 2.24) is 0 Å². The maximum Gasteiger partial charge on any atom is 0.269 e. The van der Waals surface area contributed by atoms with Gasteiger partial charge in [0, 0.05) is 30.0 Å². The van der Waals surface area contributed by atoms with Gasteiger partial charge in [0.1, 0.15) is 22.5 Å². The van der Waals surface area contributed by atoms with Crippen molar-refractivity contribution in [3.63, 3.8) is 0 Å². The van der Waals surface area contributed by atoms with Crippen LogP contribution in [0.4, 0.5) is 5.69 Å². The number of hydrogen-bond acceptors (Lipinski definition) is 6. The van der Waals surface area contributed by atoms with Crippen LogP contribution in [0, 0.1) is 21.4 Å². The molecule has 0 spiro atoms. The van der Waals surface area contributed by atoms with E-state index in [1.807, 2.05) is 0 Å². The molecule has 0 fully saturated rings. The Morgan fingerprint density at radius 2 is 1.91 bits per heavy atom. The maximum absolute atomic E-state index is 11.3. The van der Waals surface area contributed by atoms with E-state index >= 15 is 0 Å². The first-order valence-electron chi connectivity index (χ1n) is 5.98. The molecule has 0 bridgehead atoms. The summed E-state index contributed by atoms with van der Waals surface area (Å²) in [5, 5.41) is 19.4. The molecular weight excluding hydrogens is 308 g/mol. The summed E-state index contributed by atoms with van der Waals surface area (Å²) >= 11 is 0. The van der Waals surface area contributed by atoms with Gasteiger partial charge in [-0.3, -0.25) is 10.1 Å². The van der Waals surface area contributed by atoms with Crippen LogP contribution in [0.2, 0.25) is 0 Å². The van der Waals surface area contributed by atoms with Crippen molar-refractivity contribution < 1.29 is 17.8 Å². The van der Waals surface area contributed by atoms with Gasteiger partial charge in [0.15, 0.2) is 9.84 Å². The van der Waals surface area contributed by atoms with Crippen molar-refractivity contribution >= 4 is 21.6 Å². The lowest BCUT2D eigenvalue weighted by molar-refractivity contribution is -0.384. The number of nitriles is 1. The van der Waals surface area contributed by atoms with Crippen LogP contribution in [0.1, 0.15) is 5.76 Å². The van der Waals surface area contributed by atoms with Crippen LogP contribution in [-0.4, -0.2) is 19.6 Å². The third-order valence-corrected chi connectivity index (χ3v) is 3.78. The van der Waals surface area contributed by atoms with Crippen molar-refractivity contribution in [2.75, 3.05) is 6.26 Å². The molecule has 7 nitrogen and oxygen atoms in total. The highest BCUT2D eigenvalue weighted by molar-refractivity contribution is 7.95. The van der Waals surface area contributed by atoms with Crippen LogP contribution < -0.4 is 0 Å². The summed E-state index contributed by atoms with van der Waals surface area (Å²) in [4.78, 5) is 9.67. The Morgan fingerprint density at radius 1 is 1.27 bits per heavy atom. The predicted octanol–water partition coefficient (Wildman–Crippen LogP) is 2.76. The Morgan fingerprint density at radius 3 is 2.41 bits per heavy atom. The third-order valence-electron chi connectivity index (χ3n) is 2.77. The molecule has 1 aromatic carbocycles. The molecule has 0 aliphatic heterocycles. The molecule has 8 heteroatoms. The largest absolute Gasteiger partial charge is 0.457 e. The minimum Gasteiger partial charge on any atom is -0.457 e. The zero-order valence-electron chi connectivity index (χ0n) is 11.4. The molecule has 2 rings (SSSR count). The summed E-state index contributed by atoms with van der Waals surface area (Å²) in [6.45, 7) is 0. The lowest BCUT2D eigenvalue weighted by Crippen LogP contribution is -1.97. The van der Waals surface area contributed by atoms with Gasteiger partial charge in [-0.25, -0.2) is 8.42 Å². The average molecular weight is 318 g/mol. The summed E-state index contributed by atoms with van der Waals surface area (Å²) in [7, 11) is -3.62. The number of sulfone groups is 1. The topological polar surface area (TPSA) is 114 Å². The van der Waals surface area contributed by atoms with Crippen LogP contribution in [0.5, 0.6) is 0 Å². The molecule has 0 amide bonds. The fraction of sp³-hybridized carbons (Fsp3) is 0.0714. The molecular formula is C14H10N2O5S. The van der Waals surface area contributed by atoms with Crippen molar-refractivity contribution in [2.24, 2.45) is 0 Å². The first kappa shape index (κ1) is 15.5. The SMILES string of the molecule is CS(=O)(=O)/C(C#N)=C/c1ccc(-c2ccc([N+](=O)[O-])cc2)o1. The number of allylic oxidation sites excluding steroid dienone is 1. The Kier molecular flexibility index (Phi) is 4.10. The van der Waals surface area contributed by atoms with Crippen molar-refractivity contribution in [1.29, 1.82) is 5.26 Å². The number of rotatable bonds is 4. The normalized spacial score (nSPS) is 11.9. The van der Waals surface area contributed by atoms with Crippen molar-refractivity contribution in [2.45, 2.75) is 0 Å². The average Bonchev–Trinajstić information content (AvgIpc) is 2.92. The van der Waals surface area contributed by atoms with Crippen LogP contribution >= 0.6 is 0 Å². The van der Waals surface area contributed by atoms with Crippen LogP contribution in [0.15, 0.2) is 45.7 Å². The molecule has 0 radical (unpaired) electrons. The molecule has 0 saturated heterocycles. The van der Waals surface area contributed by atoms with E-state index in [4.69, 9.17) is 9.68 Å². The number of nitro groups is 1. The van der Waals surface area contributed by atoms with Gasteiger partial charge in [-0.15, -0.1) is 0 Å². The third kappa shape index (κ3) is 3.39. The number of non-ortho nitro benzene ring substituents is 1. The molecule has 1 aromatic heterocycles. The lowest BCUT2D eigenvalue weighted by Gasteiger charge is -1.97. The first-order chi connectivity index (χ1) is 10.3. The fourth-order valence-electron chi connectivity index (χ4n) is 1.68. The summed E-state index contributed by atoms with van der Waals surface area (Å²) in [5.41, 5.74) is 0.558. The smallest absolute Gasteiger partial charge is 0.269 e. The minimum atomic E-state index is -3.62. The van der Waals surface area contributed by atoms with Gasteiger partial charge >= 0.3 is 0 Å². The van der Waals surface area contributed by atoms with Gasteiger partial charge in [-0.1, -0.05) is 0 Å². The van der Waals surface area contributed by atoms with Gasteiger partial charge in [0.05, 0.1) is 4.92 Å². The van der Waals surface area contributed by atoms with E-state index in [9.17, 15) is 18.5 Å². The monoisotopic (exact) mass is 318 g/mol. The summed E-state index contributed by atoms with van der Waals surface area (Å²) in [6.07, 6.45) is 2.06. The van der Waals surface area contributed by atoms with E-state index in [0.29, 0.717) is 11.3 Å². The van der Waals surface area contributed by atoms with Crippen molar-refractivity contribution in [3.8, 4) is 17.4 Å². The standard InChI is InChI=1S/C14H10N2O5S/c1-22(19,20)13(9-15)8-12-6-7-14(21-12)10-2-4-11(5-3-10)16(17)18/h2-8H,1H3/b13-8+. The second-order valence-electron chi connectivity index (χ2n) is 4.40. The van der Waals surface area contributed by atoms with Gasteiger partial charge in [-0.05, 0) is 24.3 Å². The number of hydrogen-bond donors (Lipinski definition) is 0. The van der Waals surface area contributed by atoms with E-state index < -0.39 is 19.7 Å². The first-order valence-corrected chi connectivity index (χ1v) is 7.87. The molecule has 1 heterocycles. The molecule has 0 atom stereocenters. The number of benzene rings is 1. The number of nitrogens with zero attached hydrogens (tertiary/aromatic N) is 2. The van der Waals surface area contributed by atoms with Crippen LogP contribution in [-0.2, 0) is 9.84 Å². The highest BCUT2D eigenvalue weighted by Gasteiger charge is 2.13. The molecule has 112 valence electrons. The Bertz CT molecular complexity index is 886. The Hall–Kier alpha value is -2.92. The molecule has 0 aliphatic carbocycles. The minimum absolute atomic E-state index is 0.0423. The Labute approximate surface area is 126 Å². The van der Waals surface area contributed by atoms with Gasteiger partial charge in [0.25, 0.3) is 5.69 Å². The Balaban J connectivity index is 2.34. The molecule has 0 aliphatic rings. The molecule has 0 unspecified atom stereocenters. The highest BCUT2D eigenvalue weighted by atomic mass is 32.2. The van der Waals surface area contributed by atoms with E-state index in [1.165, 1.54) is 30.3 Å². The highest BCUT2D eigenvalue weighted by Crippen LogP contribution is 2.25. The maximum atomic E-state index is 11.3. The van der Waals surface area contributed by atoms with Crippen LogP contribution in [0.25, 0.3) is 17.4 Å². The van der Waals surface area contributed by atoms with Gasteiger partial charge in [-0.2, -0.15) is 5.26 Å². The fourth-order valence-corrected chi connectivity index (χ4v) is 2.18. The zero-order valence-corrected chi connectivity index (χ0v) is 12.2. The summed E-state index contributed by atoms with van der Waals surface area (Å²) < 4.78 is 28.1. The quantitative estimate of drug-likeness (QED) is 0.486. The second-order valence-corrected chi connectivity index (χ2v) is 6.38. The number of furan rings is 1. The number of nitro benzene ring substituents is 1. The van der Waals surface area contributed by atoms with Gasteiger partial charge < -0.3 is 4.42 Å². The predicted molar refractivity (Wildman–Crippen MR) is 79.2 cm³/mol. The van der Waals surface area contributed by atoms with Crippen LogP contribution in [0.3, 0.4) is 0 Å². The van der Waals surface area contributed by atoms with E-state index in [0.717, 1.165) is 12.3 Å². The summed E-state index contributed by atoms with van der Waals surface area (Å²) in [6, 6.07) is 10.4. The molecule has 0 N–H and O–H groups in total.